The van der Waals surface area contributed by atoms with Crippen LogP contribution in [0.1, 0.15) is 19.2 Å². The quantitative estimate of drug-likeness (QED) is 0.323. The van der Waals surface area contributed by atoms with Crippen LogP contribution in [0, 0.1) is 10.1 Å². The number of aromatic amines is 1. The Morgan fingerprint density at radius 3 is 2.77 bits per heavy atom. The number of amides is 1. The van der Waals surface area contributed by atoms with Crippen LogP contribution in [0.2, 0.25) is 5.02 Å². The highest BCUT2D eigenvalue weighted by Crippen LogP contribution is 2.26. The van der Waals surface area contributed by atoms with E-state index in [9.17, 15) is 24.5 Å². The van der Waals surface area contributed by atoms with Gasteiger partial charge in [-0.05, 0) is 25.1 Å². The number of hydrogen-bond donors (Lipinski definition) is 2. The van der Waals surface area contributed by atoms with Crippen LogP contribution in [0.3, 0.4) is 0 Å². The second kappa shape index (κ2) is 9.35. The molecular weight excluding hydrogens is 428 g/mol. The number of hydrogen-bond acceptors (Lipinski definition) is 7. The third-order valence-electron chi connectivity index (χ3n) is 4.32. The van der Waals surface area contributed by atoms with Crippen molar-refractivity contribution >= 4 is 45.8 Å². The maximum absolute atomic E-state index is 12.3. The van der Waals surface area contributed by atoms with Crippen LogP contribution in [0.15, 0.2) is 47.3 Å². The van der Waals surface area contributed by atoms with E-state index in [1.165, 1.54) is 19.1 Å². The van der Waals surface area contributed by atoms with Gasteiger partial charge in [-0.25, -0.2) is 4.98 Å². The molecule has 160 valence electrons. The monoisotopic (exact) mass is 444 g/mol. The minimum Gasteiger partial charge on any atom is -0.453 e. The molecule has 3 aromatic rings. The predicted molar refractivity (Wildman–Crippen MR) is 113 cm³/mol. The number of aromatic nitrogens is 2. The molecule has 31 heavy (non-hydrogen) atoms. The van der Waals surface area contributed by atoms with Crippen LogP contribution >= 0.6 is 11.6 Å². The van der Waals surface area contributed by atoms with E-state index in [4.69, 9.17) is 16.3 Å². The molecule has 2 aromatic carbocycles. The van der Waals surface area contributed by atoms with Crippen LogP contribution in [0.25, 0.3) is 10.9 Å². The molecule has 0 bridgehead atoms. The van der Waals surface area contributed by atoms with Gasteiger partial charge in [0.15, 0.2) is 6.10 Å². The summed E-state index contributed by atoms with van der Waals surface area (Å²) in [7, 11) is 0. The van der Waals surface area contributed by atoms with Gasteiger partial charge < -0.3 is 15.0 Å². The fourth-order valence-electron chi connectivity index (χ4n) is 2.74. The Bertz CT molecular complexity index is 1230. The molecular formula is C20H17ClN4O6. The molecule has 0 saturated carbocycles. The summed E-state index contributed by atoms with van der Waals surface area (Å²) in [5.41, 5.74) is -0.0188. The van der Waals surface area contributed by atoms with Gasteiger partial charge in [0, 0.05) is 18.6 Å². The summed E-state index contributed by atoms with van der Waals surface area (Å²) in [6.45, 7) is 1.36. The number of esters is 1. The number of nitro benzene ring substituents is 1. The van der Waals surface area contributed by atoms with Crippen molar-refractivity contribution in [2.75, 3.05) is 5.32 Å². The number of aryl methyl sites for hydroxylation is 1. The van der Waals surface area contributed by atoms with Gasteiger partial charge in [-0.1, -0.05) is 23.7 Å². The summed E-state index contributed by atoms with van der Waals surface area (Å²) in [6.07, 6.45) is -1.17. The summed E-state index contributed by atoms with van der Waals surface area (Å²) in [5, 5.41) is 13.8. The van der Waals surface area contributed by atoms with E-state index in [0.29, 0.717) is 16.7 Å². The van der Waals surface area contributed by atoms with Gasteiger partial charge in [0.1, 0.15) is 5.82 Å². The molecule has 0 saturated heterocycles. The van der Waals surface area contributed by atoms with Gasteiger partial charge in [-0.2, -0.15) is 0 Å². The van der Waals surface area contributed by atoms with Crippen molar-refractivity contribution in [3.8, 4) is 0 Å². The van der Waals surface area contributed by atoms with Crippen LogP contribution in [-0.2, 0) is 20.7 Å². The number of ether oxygens (including phenoxy) is 1. The van der Waals surface area contributed by atoms with Crippen molar-refractivity contribution in [3.05, 3.63) is 73.8 Å². The molecule has 0 spiro atoms. The maximum atomic E-state index is 12.3. The zero-order valence-electron chi connectivity index (χ0n) is 16.3. The normalized spacial score (nSPS) is 11.7. The molecule has 3 rings (SSSR count). The molecule has 1 atom stereocenters. The first-order valence-corrected chi connectivity index (χ1v) is 9.54. The number of non-ortho nitro benzene ring substituents is 1. The Balaban J connectivity index is 1.58. The number of benzene rings is 2. The first kappa shape index (κ1) is 21.9. The van der Waals surface area contributed by atoms with Gasteiger partial charge >= 0.3 is 5.97 Å². The average Bonchev–Trinajstić information content (AvgIpc) is 2.73. The molecule has 2 N–H and O–H groups in total. The first-order valence-electron chi connectivity index (χ1n) is 9.17. The number of halogens is 1. The number of carbonyl (C=O) groups excluding carboxylic acids is 2. The van der Waals surface area contributed by atoms with Crippen LogP contribution < -0.4 is 10.9 Å². The lowest BCUT2D eigenvalue weighted by molar-refractivity contribution is -0.384. The van der Waals surface area contributed by atoms with Crippen LogP contribution in [0.4, 0.5) is 11.4 Å². The van der Waals surface area contributed by atoms with Crippen molar-refractivity contribution < 1.29 is 19.2 Å². The SMILES string of the molecule is CC(OC(=O)CCc1nc2ccccc2c(=O)[nH]1)C(=O)Nc1cc([N+](=O)[O-])ccc1Cl. The van der Waals surface area contributed by atoms with Crippen molar-refractivity contribution in [2.45, 2.75) is 25.9 Å². The number of nitrogens with zero attached hydrogens (tertiary/aromatic N) is 2. The Morgan fingerprint density at radius 2 is 2.03 bits per heavy atom. The van der Waals surface area contributed by atoms with E-state index in [1.807, 2.05) is 0 Å². The van der Waals surface area contributed by atoms with Crippen molar-refractivity contribution in [3.63, 3.8) is 0 Å². The highest BCUT2D eigenvalue weighted by Gasteiger charge is 2.20. The molecule has 11 heteroatoms. The number of para-hydroxylation sites is 1. The van der Waals surface area contributed by atoms with E-state index < -0.39 is 22.9 Å². The van der Waals surface area contributed by atoms with Crippen molar-refractivity contribution in [1.29, 1.82) is 0 Å². The molecule has 0 aliphatic heterocycles. The molecule has 0 radical (unpaired) electrons. The number of fused-ring (bicyclic) bond motifs is 1. The second-order valence-corrected chi connectivity index (χ2v) is 6.98. The molecule has 1 aromatic heterocycles. The molecule has 10 nitrogen and oxygen atoms in total. The number of carbonyl (C=O) groups is 2. The number of H-pyrrole nitrogens is 1. The van der Waals surface area contributed by atoms with E-state index in [2.05, 4.69) is 15.3 Å². The number of nitrogens with one attached hydrogen (secondary N) is 2. The molecule has 1 unspecified atom stereocenters. The van der Waals surface area contributed by atoms with Crippen molar-refractivity contribution in [2.24, 2.45) is 0 Å². The topological polar surface area (TPSA) is 144 Å². The summed E-state index contributed by atoms with van der Waals surface area (Å²) < 4.78 is 5.09. The minimum atomic E-state index is -1.17. The summed E-state index contributed by atoms with van der Waals surface area (Å²) >= 11 is 5.95. The van der Waals surface area contributed by atoms with E-state index in [0.717, 1.165) is 6.07 Å². The van der Waals surface area contributed by atoms with Crippen LogP contribution in [0.5, 0.6) is 0 Å². The van der Waals surface area contributed by atoms with Crippen LogP contribution in [-0.4, -0.2) is 32.9 Å². The Hall–Kier alpha value is -3.79. The summed E-state index contributed by atoms with van der Waals surface area (Å²) in [4.78, 5) is 53.6. The lowest BCUT2D eigenvalue weighted by Crippen LogP contribution is -2.30. The molecule has 1 amide bonds. The first-order chi connectivity index (χ1) is 14.7. The van der Waals surface area contributed by atoms with Gasteiger partial charge in [-0.15, -0.1) is 0 Å². The fourth-order valence-corrected chi connectivity index (χ4v) is 2.91. The molecule has 1 heterocycles. The highest BCUT2D eigenvalue weighted by atomic mass is 35.5. The zero-order chi connectivity index (χ0) is 22.5. The van der Waals surface area contributed by atoms with Gasteiger partial charge in [0.05, 0.1) is 33.0 Å². The average molecular weight is 445 g/mol. The van der Waals surface area contributed by atoms with Gasteiger partial charge in [-0.3, -0.25) is 24.5 Å². The number of rotatable bonds is 7. The number of nitro groups is 1. The zero-order valence-corrected chi connectivity index (χ0v) is 17.0. The predicted octanol–water partition coefficient (Wildman–Crippen LogP) is 2.99. The second-order valence-electron chi connectivity index (χ2n) is 6.57. The van der Waals surface area contributed by atoms with E-state index >= 15 is 0 Å². The fraction of sp³-hybridized carbons (Fsp3) is 0.200. The Labute approximate surface area is 180 Å². The smallest absolute Gasteiger partial charge is 0.307 e. The summed E-state index contributed by atoms with van der Waals surface area (Å²) in [6, 6.07) is 10.4. The highest BCUT2D eigenvalue weighted by molar-refractivity contribution is 6.33. The third-order valence-corrected chi connectivity index (χ3v) is 4.65. The molecule has 0 aliphatic rings. The van der Waals surface area contributed by atoms with Crippen molar-refractivity contribution in [1.82, 2.24) is 9.97 Å². The molecule has 0 fully saturated rings. The third kappa shape index (κ3) is 5.43. The lowest BCUT2D eigenvalue weighted by atomic mass is 10.2. The summed E-state index contributed by atoms with van der Waals surface area (Å²) in [5.74, 6) is -1.06. The standard InChI is InChI=1S/C20H17ClN4O6/c1-11(19(27)23-16-10-12(25(29)30)6-7-14(16)21)31-18(26)9-8-17-22-15-5-3-2-4-13(15)20(28)24-17/h2-7,10-11H,8-9H2,1H3,(H,23,27)(H,22,24,28). The molecule has 0 aliphatic carbocycles. The van der Waals surface area contributed by atoms with E-state index in [-0.39, 0.29) is 34.8 Å². The Kier molecular flexibility index (Phi) is 6.61. The largest absolute Gasteiger partial charge is 0.453 e. The van der Waals surface area contributed by atoms with Gasteiger partial charge in [0.25, 0.3) is 17.2 Å². The minimum absolute atomic E-state index is 0.0294. The van der Waals surface area contributed by atoms with E-state index in [1.54, 1.807) is 24.3 Å². The maximum Gasteiger partial charge on any atom is 0.307 e. The van der Waals surface area contributed by atoms with Gasteiger partial charge in [0.2, 0.25) is 0 Å². The number of anilines is 1. The Morgan fingerprint density at radius 1 is 1.29 bits per heavy atom. The lowest BCUT2D eigenvalue weighted by Gasteiger charge is -2.14.